The highest BCUT2D eigenvalue weighted by Crippen LogP contribution is 2.19. The highest BCUT2D eigenvalue weighted by molar-refractivity contribution is 6.02. The Bertz CT molecular complexity index is 678. The van der Waals surface area contributed by atoms with E-state index < -0.39 is 0 Å². The number of nitrogens with one attached hydrogen (secondary N) is 1. The van der Waals surface area contributed by atoms with Crippen LogP contribution in [-0.2, 0) is 4.79 Å². The largest absolute Gasteiger partial charge is 0.496 e. The molecule has 0 heterocycles. The molecule has 2 aromatic rings. The van der Waals surface area contributed by atoms with Crippen molar-refractivity contribution in [1.82, 2.24) is 0 Å². The first kappa shape index (κ1) is 17.6. The fourth-order valence-corrected chi connectivity index (χ4v) is 2.12. The second kappa shape index (κ2) is 9.40. The number of carbonyl (C=O) groups excluding carboxylic acids is 1. The lowest BCUT2D eigenvalue weighted by Crippen LogP contribution is -2.07. The number of methoxy groups -OCH3 is 1. The predicted molar refractivity (Wildman–Crippen MR) is 97.5 cm³/mol. The third-order valence-electron chi connectivity index (χ3n) is 3.44. The van der Waals surface area contributed by atoms with Gasteiger partial charge in [0.1, 0.15) is 11.5 Å². The Hall–Kier alpha value is -2.75. The van der Waals surface area contributed by atoms with Crippen molar-refractivity contribution in [3.05, 3.63) is 60.2 Å². The van der Waals surface area contributed by atoms with Crippen molar-refractivity contribution in [3.63, 3.8) is 0 Å². The van der Waals surface area contributed by atoms with Crippen LogP contribution in [0, 0.1) is 0 Å². The van der Waals surface area contributed by atoms with E-state index in [-0.39, 0.29) is 5.91 Å². The minimum absolute atomic E-state index is 0.194. The van der Waals surface area contributed by atoms with Crippen LogP contribution in [0.3, 0.4) is 0 Å². The maximum absolute atomic E-state index is 12.0. The number of benzene rings is 2. The summed E-state index contributed by atoms with van der Waals surface area (Å²) < 4.78 is 10.8. The molecule has 4 nitrogen and oxygen atoms in total. The van der Waals surface area contributed by atoms with Crippen LogP contribution in [0.4, 0.5) is 5.69 Å². The molecule has 2 rings (SSSR count). The summed E-state index contributed by atoms with van der Waals surface area (Å²) in [6.45, 7) is 2.84. The third kappa shape index (κ3) is 5.47. The summed E-state index contributed by atoms with van der Waals surface area (Å²) in [6.07, 6.45) is 5.36. The monoisotopic (exact) mass is 325 g/mol. The van der Waals surface area contributed by atoms with Gasteiger partial charge in [-0.15, -0.1) is 0 Å². The van der Waals surface area contributed by atoms with Gasteiger partial charge in [0.05, 0.1) is 13.7 Å². The molecule has 2 aromatic carbocycles. The number of hydrogen-bond acceptors (Lipinski definition) is 3. The average molecular weight is 325 g/mol. The van der Waals surface area contributed by atoms with Gasteiger partial charge in [0, 0.05) is 17.3 Å². The van der Waals surface area contributed by atoms with E-state index in [2.05, 4.69) is 12.2 Å². The summed E-state index contributed by atoms with van der Waals surface area (Å²) in [4.78, 5) is 12.0. The van der Waals surface area contributed by atoms with Crippen LogP contribution in [0.25, 0.3) is 6.08 Å². The van der Waals surface area contributed by atoms with Crippen molar-refractivity contribution in [2.24, 2.45) is 0 Å². The van der Waals surface area contributed by atoms with Gasteiger partial charge in [-0.05, 0) is 42.8 Å². The standard InChI is InChI=1S/C20H23NO3/c1-3-4-15-24-18-12-10-17(11-13-18)21-20(22)14-9-16-7-5-6-8-19(16)23-2/h5-14H,3-4,15H2,1-2H3,(H,21,22). The summed E-state index contributed by atoms with van der Waals surface area (Å²) in [6, 6.07) is 14.9. The van der Waals surface area contributed by atoms with E-state index in [0.29, 0.717) is 6.61 Å². The molecule has 0 radical (unpaired) electrons. The zero-order chi connectivity index (χ0) is 17.2. The molecule has 0 fully saturated rings. The topological polar surface area (TPSA) is 47.6 Å². The van der Waals surface area contributed by atoms with Crippen LogP contribution in [0.5, 0.6) is 11.5 Å². The molecule has 1 amide bonds. The molecule has 0 aliphatic rings. The number of rotatable bonds is 8. The van der Waals surface area contributed by atoms with Gasteiger partial charge in [-0.2, -0.15) is 0 Å². The van der Waals surface area contributed by atoms with E-state index in [1.54, 1.807) is 13.2 Å². The molecule has 0 atom stereocenters. The van der Waals surface area contributed by atoms with Gasteiger partial charge < -0.3 is 14.8 Å². The molecule has 0 aliphatic carbocycles. The van der Waals surface area contributed by atoms with Crippen LogP contribution < -0.4 is 14.8 Å². The summed E-state index contributed by atoms with van der Waals surface area (Å²) >= 11 is 0. The first-order valence-electron chi connectivity index (χ1n) is 8.08. The Morgan fingerprint density at radius 3 is 2.58 bits per heavy atom. The fraction of sp³-hybridized carbons (Fsp3) is 0.250. The zero-order valence-electron chi connectivity index (χ0n) is 14.1. The SMILES string of the molecule is CCCCOc1ccc(NC(=O)C=Cc2ccccc2OC)cc1. The molecule has 0 aliphatic heterocycles. The molecule has 0 aromatic heterocycles. The highest BCUT2D eigenvalue weighted by Gasteiger charge is 2.01. The molecule has 24 heavy (non-hydrogen) atoms. The van der Waals surface area contributed by atoms with E-state index in [1.165, 1.54) is 6.08 Å². The fourth-order valence-electron chi connectivity index (χ4n) is 2.12. The number of carbonyl (C=O) groups is 1. The number of ether oxygens (including phenoxy) is 2. The average Bonchev–Trinajstić information content (AvgIpc) is 2.62. The maximum Gasteiger partial charge on any atom is 0.248 e. The Morgan fingerprint density at radius 2 is 1.88 bits per heavy atom. The predicted octanol–water partition coefficient (Wildman–Crippen LogP) is 4.53. The van der Waals surface area contributed by atoms with Gasteiger partial charge in [0.2, 0.25) is 5.91 Å². The molecular weight excluding hydrogens is 302 g/mol. The van der Waals surface area contributed by atoms with Crippen molar-refractivity contribution in [2.75, 3.05) is 19.0 Å². The lowest BCUT2D eigenvalue weighted by molar-refractivity contribution is -0.111. The van der Waals surface area contributed by atoms with Crippen LogP contribution in [-0.4, -0.2) is 19.6 Å². The van der Waals surface area contributed by atoms with Crippen LogP contribution >= 0.6 is 0 Å². The zero-order valence-corrected chi connectivity index (χ0v) is 14.1. The van der Waals surface area contributed by atoms with Gasteiger partial charge in [-0.25, -0.2) is 0 Å². The second-order valence-corrected chi connectivity index (χ2v) is 5.29. The van der Waals surface area contributed by atoms with E-state index in [1.807, 2.05) is 48.5 Å². The van der Waals surface area contributed by atoms with Gasteiger partial charge in [0.15, 0.2) is 0 Å². The smallest absolute Gasteiger partial charge is 0.248 e. The summed E-state index contributed by atoms with van der Waals surface area (Å²) in [5.74, 6) is 1.35. The van der Waals surface area contributed by atoms with E-state index >= 15 is 0 Å². The number of amides is 1. The minimum atomic E-state index is -0.194. The van der Waals surface area contributed by atoms with Crippen LogP contribution in [0.1, 0.15) is 25.3 Å². The quantitative estimate of drug-likeness (QED) is 0.573. The van der Waals surface area contributed by atoms with Crippen molar-refractivity contribution in [2.45, 2.75) is 19.8 Å². The molecule has 0 unspecified atom stereocenters. The normalized spacial score (nSPS) is 10.6. The van der Waals surface area contributed by atoms with Crippen LogP contribution in [0.2, 0.25) is 0 Å². The molecule has 0 spiro atoms. The van der Waals surface area contributed by atoms with Crippen molar-refractivity contribution < 1.29 is 14.3 Å². The third-order valence-corrected chi connectivity index (χ3v) is 3.44. The molecule has 0 saturated carbocycles. The van der Waals surface area contributed by atoms with Gasteiger partial charge in [-0.1, -0.05) is 31.5 Å². The molecule has 1 N–H and O–H groups in total. The lowest BCUT2D eigenvalue weighted by Gasteiger charge is -2.07. The van der Waals surface area contributed by atoms with Crippen molar-refractivity contribution in [3.8, 4) is 11.5 Å². The summed E-state index contributed by atoms with van der Waals surface area (Å²) in [5, 5.41) is 2.82. The second-order valence-electron chi connectivity index (χ2n) is 5.29. The summed E-state index contributed by atoms with van der Waals surface area (Å²) in [7, 11) is 1.61. The molecule has 4 heteroatoms. The Balaban J connectivity index is 1.91. The lowest BCUT2D eigenvalue weighted by atomic mass is 10.2. The Labute approximate surface area is 143 Å². The molecule has 0 saturated heterocycles. The maximum atomic E-state index is 12.0. The highest BCUT2D eigenvalue weighted by atomic mass is 16.5. The Morgan fingerprint density at radius 1 is 1.12 bits per heavy atom. The number of hydrogen-bond donors (Lipinski definition) is 1. The van der Waals surface area contributed by atoms with Gasteiger partial charge in [-0.3, -0.25) is 4.79 Å². The van der Waals surface area contributed by atoms with Crippen molar-refractivity contribution >= 4 is 17.7 Å². The number of unbranched alkanes of at least 4 members (excludes halogenated alkanes) is 1. The van der Waals surface area contributed by atoms with Gasteiger partial charge >= 0.3 is 0 Å². The molecular formula is C20H23NO3. The van der Waals surface area contributed by atoms with E-state index in [0.717, 1.165) is 35.6 Å². The first-order chi connectivity index (χ1) is 11.7. The molecule has 0 bridgehead atoms. The summed E-state index contributed by atoms with van der Waals surface area (Å²) in [5.41, 5.74) is 1.59. The minimum Gasteiger partial charge on any atom is -0.496 e. The molecule has 126 valence electrons. The van der Waals surface area contributed by atoms with Crippen molar-refractivity contribution in [1.29, 1.82) is 0 Å². The number of anilines is 1. The van der Waals surface area contributed by atoms with E-state index in [4.69, 9.17) is 9.47 Å². The van der Waals surface area contributed by atoms with Gasteiger partial charge in [0.25, 0.3) is 0 Å². The Kier molecular flexibility index (Phi) is 6.90. The first-order valence-corrected chi connectivity index (χ1v) is 8.08. The van der Waals surface area contributed by atoms with Crippen LogP contribution in [0.15, 0.2) is 54.6 Å². The number of para-hydroxylation sites is 1. The van der Waals surface area contributed by atoms with E-state index in [9.17, 15) is 4.79 Å².